The third-order valence-corrected chi connectivity index (χ3v) is 2.69. The first-order chi connectivity index (χ1) is 8.56. The molecule has 0 unspecified atom stereocenters. The minimum Gasteiger partial charge on any atom is -0.478 e. The van der Waals surface area contributed by atoms with Crippen LogP contribution < -0.4 is 5.73 Å². The van der Waals surface area contributed by atoms with Gasteiger partial charge in [-0.2, -0.15) is 0 Å². The van der Waals surface area contributed by atoms with Crippen LogP contribution in [0.4, 0.5) is 0 Å². The van der Waals surface area contributed by atoms with E-state index in [9.17, 15) is 4.79 Å². The molecule has 100 valence electrons. The van der Waals surface area contributed by atoms with E-state index in [0.717, 1.165) is 0 Å². The highest BCUT2D eigenvalue weighted by Gasteiger charge is 2.07. The van der Waals surface area contributed by atoms with Gasteiger partial charge >= 0.3 is 5.97 Å². The Kier molecular flexibility index (Phi) is 8.76. The van der Waals surface area contributed by atoms with Crippen molar-refractivity contribution in [2.45, 2.75) is 32.6 Å². The first-order valence-corrected chi connectivity index (χ1v) is 6.40. The Morgan fingerprint density at radius 2 is 1.78 bits per heavy atom. The van der Waals surface area contributed by atoms with Gasteiger partial charge in [-0.1, -0.05) is 44.2 Å². The fourth-order valence-corrected chi connectivity index (χ4v) is 1.47. The Morgan fingerprint density at radius 1 is 1.22 bits per heavy atom. The molecule has 0 spiro atoms. The summed E-state index contributed by atoms with van der Waals surface area (Å²) in [6.45, 7) is 3.62. The SMILES string of the molecule is CC/C(N)=C(\CC)C(=O)O.ClCc1ccccc1. The van der Waals surface area contributed by atoms with Gasteiger partial charge < -0.3 is 10.8 Å². The van der Waals surface area contributed by atoms with Crippen LogP contribution in [-0.2, 0) is 10.7 Å². The van der Waals surface area contributed by atoms with E-state index in [1.807, 2.05) is 37.3 Å². The molecule has 4 heteroatoms. The lowest BCUT2D eigenvalue weighted by molar-refractivity contribution is -0.132. The average Bonchev–Trinajstić information content (AvgIpc) is 2.40. The maximum atomic E-state index is 10.4. The van der Waals surface area contributed by atoms with Crippen LogP contribution in [0.25, 0.3) is 0 Å². The van der Waals surface area contributed by atoms with Crippen molar-refractivity contribution in [2.75, 3.05) is 0 Å². The minimum absolute atomic E-state index is 0.336. The highest BCUT2D eigenvalue weighted by molar-refractivity contribution is 6.17. The second kappa shape index (κ2) is 9.54. The van der Waals surface area contributed by atoms with Crippen LogP contribution in [0.3, 0.4) is 0 Å². The molecule has 0 saturated carbocycles. The van der Waals surface area contributed by atoms with E-state index in [0.29, 0.717) is 30.0 Å². The normalized spacial score (nSPS) is 11.1. The van der Waals surface area contributed by atoms with E-state index in [-0.39, 0.29) is 0 Å². The standard InChI is InChI=1S/C7H7Cl.C7H13NO2/c8-6-7-4-2-1-3-5-7;1-3-5(7(9)10)6(8)4-2/h1-5H,6H2;3-4,8H2,1-2H3,(H,9,10)/b;6-5-. The third kappa shape index (κ3) is 6.30. The lowest BCUT2D eigenvalue weighted by Gasteiger charge is -2.01. The number of hydrogen-bond acceptors (Lipinski definition) is 2. The molecule has 0 heterocycles. The van der Waals surface area contributed by atoms with Crippen molar-refractivity contribution < 1.29 is 9.90 Å². The smallest absolute Gasteiger partial charge is 0.333 e. The third-order valence-electron chi connectivity index (χ3n) is 2.38. The molecule has 0 radical (unpaired) electrons. The number of hydrogen-bond donors (Lipinski definition) is 2. The summed E-state index contributed by atoms with van der Waals surface area (Å²) in [5.74, 6) is -0.289. The Morgan fingerprint density at radius 3 is 2.00 bits per heavy atom. The number of benzene rings is 1. The molecular weight excluding hydrogens is 250 g/mol. The number of halogens is 1. The molecule has 0 aliphatic heterocycles. The van der Waals surface area contributed by atoms with Crippen molar-refractivity contribution in [2.24, 2.45) is 5.73 Å². The van der Waals surface area contributed by atoms with E-state index in [2.05, 4.69) is 0 Å². The first-order valence-electron chi connectivity index (χ1n) is 5.87. The van der Waals surface area contributed by atoms with Gasteiger partial charge in [-0.3, -0.25) is 0 Å². The largest absolute Gasteiger partial charge is 0.478 e. The highest BCUT2D eigenvalue weighted by Crippen LogP contribution is 2.06. The molecular formula is C14H20ClNO2. The molecule has 0 amide bonds. The molecule has 0 aromatic heterocycles. The molecule has 1 rings (SSSR count). The zero-order chi connectivity index (χ0) is 14.0. The fraction of sp³-hybridized carbons (Fsp3) is 0.357. The summed E-state index contributed by atoms with van der Waals surface area (Å²) < 4.78 is 0. The summed E-state index contributed by atoms with van der Waals surface area (Å²) in [5.41, 5.74) is 7.42. The number of carboxylic acid groups (broad SMARTS) is 1. The van der Waals surface area contributed by atoms with Crippen molar-refractivity contribution in [1.29, 1.82) is 0 Å². The van der Waals surface area contributed by atoms with Gasteiger partial charge in [0.25, 0.3) is 0 Å². The van der Waals surface area contributed by atoms with Crippen LogP contribution in [0.15, 0.2) is 41.6 Å². The second-order valence-corrected chi connectivity index (χ2v) is 3.90. The van der Waals surface area contributed by atoms with Crippen molar-refractivity contribution in [3.05, 3.63) is 47.2 Å². The minimum atomic E-state index is -0.901. The number of rotatable bonds is 4. The van der Waals surface area contributed by atoms with Gasteiger partial charge in [-0.15, -0.1) is 11.6 Å². The van der Waals surface area contributed by atoms with Gasteiger partial charge in [0.05, 0.1) is 5.57 Å². The predicted octanol–water partition coefficient (Wildman–Crippen LogP) is 3.53. The topological polar surface area (TPSA) is 63.3 Å². The van der Waals surface area contributed by atoms with Crippen LogP contribution in [0, 0.1) is 0 Å². The van der Waals surface area contributed by atoms with Gasteiger partial charge in [0.1, 0.15) is 0 Å². The van der Waals surface area contributed by atoms with Crippen LogP contribution in [0.1, 0.15) is 32.3 Å². The molecule has 0 bridgehead atoms. The van der Waals surface area contributed by atoms with E-state index in [4.69, 9.17) is 22.4 Å². The number of carboxylic acids is 1. The van der Waals surface area contributed by atoms with E-state index in [1.165, 1.54) is 5.56 Å². The molecule has 0 saturated heterocycles. The maximum Gasteiger partial charge on any atom is 0.333 e. The number of alkyl halides is 1. The molecule has 0 aliphatic rings. The van der Waals surface area contributed by atoms with Crippen LogP contribution >= 0.6 is 11.6 Å². The van der Waals surface area contributed by atoms with E-state index < -0.39 is 5.97 Å². The number of allylic oxidation sites excluding steroid dienone is 1. The molecule has 0 aliphatic carbocycles. The van der Waals surface area contributed by atoms with E-state index in [1.54, 1.807) is 6.92 Å². The summed E-state index contributed by atoms with van der Waals surface area (Å²) in [6.07, 6.45) is 1.10. The fourth-order valence-electron chi connectivity index (χ4n) is 1.30. The van der Waals surface area contributed by atoms with Crippen molar-refractivity contribution >= 4 is 17.6 Å². The first kappa shape index (κ1) is 16.5. The Balaban J connectivity index is 0.000000327. The average molecular weight is 270 g/mol. The summed E-state index contributed by atoms with van der Waals surface area (Å²) in [5, 5.41) is 8.54. The number of carbonyl (C=O) groups is 1. The van der Waals surface area contributed by atoms with Crippen molar-refractivity contribution in [1.82, 2.24) is 0 Å². The van der Waals surface area contributed by atoms with Gasteiger partial charge in [-0.25, -0.2) is 4.79 Å². The zero-order valence-corrected chi connectivity index (χ0v) is 11.6. The second-order valence-electron chi connectivity index (χ2n) is 3.64. The van der Waals surface area contributed by atoms with Gasteiger partial charge in [0, 0.05) is 11.6 Å². The Labute approximate surface area is 113 Å². The Bertz CT molecular complexity index is 388. The van der Waals surface area contributed by atoms with Gasteiger partial charge in [0.15, 0.2) is 0 Å². The molecule has 3 N–H and O–H groups in total. The van der Waals surface area contributed by atoms with Crippen molar-refractivity contribution in [3.63, 3.8) is 0 Å². The summed E-state index contributed by atoms with van der Waals surface area (Å²) in [4.78, 5) is 10.4. The molecule has 0 fully saturated rings. The predicted molar refractivity (Wildman–Crippen MR) is 75.4 cm³/mol. The molecule has 1 aromatic rings. The summed E-state index contributed by atoms with van der Waals surface area (Å²) in [6, 6.07) is 9.96. The van der Waals surface area contributed by atoms with Crippen molar-refractivity contribution in [3.8, 4) is 0 Å². The monoisotopic (exact) mass is 269 g/mol. The molecule has 0 atom stereocenters. The number of nitrogens with two attached hydrogens (primary N) is 1. The summed E-state index contributed by atoms with van der Waals surface area (Å²) >= 11 is 5.53. The highest BCUT2D eigenvalue weighted by atomic mass is 35.5. The quantitative estimate of drug-likeness (QED) is 0.649. The summed E-state index contributed by atoms with van der Waals surface area (Å²) in [7, 11) is 0. The van der Waals surface area contributed by atoms with Crippen LogP contribution in [0.2, 0.25) is 0 Å². The maximum absolute atomic E-state index is 10.4. The van der Waals surface area contributed by atoms with Crippen LogP contribution in [-0.4, -0.2) is 11.1 Å². The molecule has 3 nitrogen and oxygen atoms in total. The lowest BCUT2D eigenvalue weighted by atomic mass is 10.1. The number of aliphatic carboxylic acids is 1. The van der Waals surface area contributed by atoms with Crippen LogP contribution in [0.5, 0.6) is 0 Å². The zero-order valence-electron chi connectivity index (χ0n) is 10.8. The molecule has 1 aromatic carbocycles. The lowest BCUT2D eigenvalue weighted by Crippen LogP contribution is -2.08. The van der Waals surface area contributed by atoms with Gasteiger partial charge in [-0.05, 0) is 18.4 Å². The van der Waals surface area contributed by atoms with E-state index >= 15 is 0 Å². The Hall–Kier alpha value is -1.48. The van der Waals surface area contributed by atoms with Gasteiger partial charge in [0.2, 0.25) is 0 Å². The molecule has 18 heavy (non-hydrogen) atoms.